The summed E-state index contributed by atoms with van der Waals surface area (Å²) in [6.07, 6.45) is 3.36. The highest BCUT2D eigenvalue weighted by Gasteiger charge is 2.47. The molecule has 0 radical (unpaired) electrons. The number of amides is 1. The lowest BCUT2D eigenvalue weighted by Gasteiger charge is -2.55. The van der Waals surface area contributed by atoms with Crippen LogP contribution in [0.2, 0.25) is 0 Å². The summed E-state index contributed by atoms with van der Waals surface area (Å²) in [6.45, 7) is 2.99. The van der Waals surface area contributed by atoms with Gasteiger partial charge in [-0.15, -0.1) is 11.3 Å². The summed E-state index contributed by atoms with van der Waals surface area (Å²) >= 11 is 1.72. The largest absolute Gasteiger partial charge is 0.333 e. The van der Waals surface area contributed by atoms with Gasteiger partial charge < -0.3 is 10.2 Å². The summed E-state index contributed by atoms with van der Waals surface area (Å²) in [7, 11) is 0. The molecule has 0 unspecified atom stereocenters. The average Bonchev–Trinajstić information content (AvgIpc) is 2.94. The van der Waals surface area contributed by atoms with Crippen molar-refractivity contribution in [3.05, 3.63) is 35.2 Å². The topological polar surface area (TPSA) is 32.3 Å². The quantitative estimate of drug-likeness (QED) is 0.874. The fourth-order valence-electron chi connectivity index (χ4n) is 3.52. The van der Waals surface area contributed by atoms with Gasteiger partial charge >= 0.3 is 0 Å². The van der Waals surface area contributed by atoms with E-state index in [0.29, 0.717) is 0 Å². The Balaban J connectivity index is 1.63. The zero-order valence-corrected chi connectivity index (χ0v) is 12.2. The van der Waals surface area contributed by atoms with E-state index in [4.69, 9.17) is 0 Å². The first-order valence-electron chi connectivity index (χ1n) is 7.29. The minimum Gasteiger partial charge on any atom is -0.333 e. The third-order valence-corrected chi connectivity index (χ3v) is 5.75. The fourth-order valence-corrected chi connectivity index (χ4v) is 4.30. The molecule has 1 N–H and O–H groups in total. The van der Waals surface area contributed by atoms with Crippen LogP contribution in [0.1, 0.15) is 29.6 Å². The van der Waals surface area contributed by atoms with Crippen molar-refractivity contribution in [3.8, 4) is 0 Å². The second kappa shape index (κ2) is 4.57. The zero-order valence-electron chi connectivity index (χ0n) is 11.4. The highest BCUT2D eigenvalue weighted by atomic mass is 32.1. The van der Waals surface area contributed by atoms with E-state index in [-0.39, 0.29) is 11.4 Å². The van der Waals surface area contributed by atoms with Crippen LogP contribution in [-0.4, -0.2) is 36.0 Å². The number of thiophene rings is 1. The van der Waals surface area contributed by atoms with Gasteiger partial charge in [0.25, 0.3) is 5.91 Å². The van der Waals surface area contributed by atoms with Crippen molar-refractivity contribution < 1.29 is 4.79 Å². The predicted octanol–water partition coefficient (Wildman–Crippen LogP) is 2.87. The van der Waals surface area contributed by atoms with Gasteiger partial charge in [-0.2, -0.15) is 0 Å². The number of nitrogens with zero attached hydrogens (tertiary/aromatic N) is 1. The molecule has 0 bridgehead atoms. The summed E-state index contributed by atoms with van der Waals surface area (Å²) in [5.74, 6) is 0.214. The predicted molar refractivity (Wildman–Crippen MR) is 82.3 cm³/mol. The number of nitrogens with one attached hydrogen (secondary N) is 1. The van der Waals surface area contributed by atoms with Gasteiger partial charge in [0.05, 0.1) is 0 Å². The number of likely N-dealkylation sites (tertiary alicyclic amines) is 1. The van der Waals surface area contributed by atoms with Gasteiger partial charge in [0, 0.05) is 22.3 Å². The molecule has 2 aliphatic rings. The first kappa shape index (κ1) is 12.4. The van der Waals surface area contributed by atoms with Crippen LogP contribution in [0.3, 0.4) is 0 Å². The van der Waals surface area contributed by atoms with E-state index in [1.807, 2.05) is 12.1 Å². The van der Waals surface area contributed by atoms with Crippen LogP contribution in [0.25, 0.3) is 10.1 Å². The third-order valence-electron chi connectivity index (χ3n) is 4.85. The van der Waals surface area contributed by atoms with Crippen molar-refractivity contribution in [2.24, 2.45) is 0 Å². The molecule has 2 aromatic rings. The van der Waals surface area contributed by atoms with Crippen LogP contribution < -0.4 is 5.32 Å². The molecule has 3 nitrogen and oxygen atoms in total. The molecule has 4 heteroatoms. The Morgan fingerprint density at radius 1 is 1.20 bits per heavy atom. The minimum absolute atomic E-state index is 0.145. The maximum atomic E-state index is 12.8. The van der Waals surface area contributed by atoms with Gasteiger partial charge in [-0.3, -0.25) is 4.79 Å². The average molecular weight is 286 g/mol. The zero-order chi connectivity index (χ0) is 13.6. The molecule has 2 aliphatic heterocycles. The molecule has 0 aliphatic carbocycles. The van der Waals surface area contributed by atoms with Crippen molar-refractivity contribution in [2.45, 2.75) is 24.8 Å². The lowest BCUT2D eigenvalue weighted by molar-refractivity contribution is -0.0193. The molecule has 2 fully saturated rings. The smallest absolute Gasteiger partial charge is 0.254 e. The van der Waals surface area contributed by atoms with Crippen LogP contribution in [0.5, 0.6) is 0 Å². The molecule has 1 aromatic carbocycles. The standard InChI is InChI=1S/C16H18N2OS/c19-15(13-1-2-14-12(11-13)3-10-20-14)18-9-6-16(18)4-7-17-8-5-16/h1-3,10-11,17H,4-9H2. The Hall–Kier alpha value is -1.39. The van der Waals surface area contributed by atoms with Gasteiger partial charge in [-0.05, 0) is 67.4 Å². The first-order valence-corrected chi connectivity index (χ1v) is 8.16. The van der Waals surface area contributed by atoms with Gasteiger partial charge in [0.2, 0.25) is 0 Å². The summed E-state index contributed by atoms with van der Waals surface area (Å²) in [4.78, 5) is 14.9. The van der Waals surface area contributed by atoms with Gasteiger partial charge in [-0.1, -0.05) is 0 Å². The number of carbonyl (C=O) groups excluding carboxylic acids is 1. The Bertz CT molecular complexity index is 657. The Kier molecular flexibility index (Phi) is 2.82. The molecule has 3 heterocycles. The number of piperidine rings is 1. The highest BCUT2D eigenvalue weighted by molar-refractivity contribution is 7.17. The van der Waals surface area contributed by atoms with Crippen molar-refractivity contribution in [2.75, 3.05) is 19.6 Å². The number of rotatable bonds is 1. The minimum atomic E-state index is 0.145. The van der Waals surface area contributed by atoms with Crippen molar-refractivity contribution in [1.29, 1.82) is 0 Å². The van der Waals surface area contributed by atoms with E-state index in [9.17, 15) is 4.79 Å². The Morgan fingerprint density at radius 3 is 2.80 bits per heavy atom. The molecule has 4 rings (SSSR count). The molecule has 20 heavy (non-hydrogen) atoms. The maximum Gasteiger partial charge on any atom is 0.254 e. The normalized spacial score (nSPS) is 21.1. The van der Waals surface area contributed by atoms with Crippen molar-refractivity contribution >= 4 is 27.3 Å². The molecule has 104 valence electrons. The summed E-state index contributed by atoms with van der Waals surface area (Å²) in [6, 6.07) is 8.19. The van der Waals surface area contributed by atoms with E-state index in [1.165, 1.54) is 16.5 Å². The van der Waals surface area contributed by atoms with Crippen LogP contribution >= 0.6 is 11.3 Å². The van der Waals surface area contributed by atoms with E-state index in [0.717, 1.165) is 38.0 Å². The van der Waals surface area contributed by atoms with Crippen LogP contribution in [0.15, 0.2) is 29.6 Å². The summed E-state index contributed by atoms with van der Waals surface area (Å²) < 4.78 is 1.25. The molecular weight excluding hydrogens is 268 g/mol. The number of benzene rings is 1. The molecule has 1 aromatic heterocycles. The lowest BCUT2D eigenvalue weighted by atomic mass is 9.76. The number of fused-ring (bicyclic) bond motifs is 1. The molecular formula is C16H18N2OS. The van der Waals surface area contributed by atoms with E-state index < -0.39 is 0 Å². The van der Waals surface area contributed by atoms with E-state index >= 15 is 0 Å². The monoisotopic (exact) mass is 286 g/mol. The second-order valence-electron chi connectivity index (χ2n) is 5.85. The van der Waals surface area contributed by atoms with Crippen LogP contribution in [0, 0.1) is 0 Å². The maximum absolute atomic E-state index is 12.8. The number of hydrogen-bond donors (Lipinski definition) is 1. The van der Waals surface area contributed by atoms with Crippen LogP contribution in [0.4, 0.5) is 0 Å². The molecule has 0 atom stereocenters. The van der Waals surface area contributed by atoms with E-state index in [1.54, 1.807) is 11.3 Å². The number of hydrogen-bond acceptors (Lipinski definition) is 3. The molecule has 0 saturated carbocycles. The molecule has 1 amide bonds. The summed E-state index contributed by atoms with van der Waals surface area (Å²) in [5, 5.41) is 6.65. The summed E-state index contributed by atoms with van der Waals surface area (Å²) in [5.41, 5.74) is 0.986. The Labute approximate surface area is 122 Å². The van der Waals surface area contributed by atoms with E-state index in [2.05, 4.69) is 27.7 Å². The van der Waals surface area contributed by atoms with Crippen LogP contribution in [-0.2, 0) is 0 Å². The van der Waals surface area contributed by atoms with Crippen molar-refractivity contribution in [3.63, 3.8) is 0 Å². The Morgan fingerprint density at radius 2 is 2.05 bits per heavy atom. The number of carbonyl (C=O) groups is 1. The second-order valence-corrected chi connectivity index (χ2v) is 6.80. The third kappa shape index (κ3) is 1.79. The van der Waals surface area contributed by atoms with Crippen molar-refractivity contribution in [1.82, 2.24) is 10.2 Å². The lowest BCUT2D eigenvalue weighted by Crippen LogP contribution is -2.65. The van der Waals surface area contributed by atoms with Gasteiger partial charge in [0.1, 0.15) is 0 Å². The SMILES string of the molecule is O=C(c1ccc2sccc2c1)N1CCC12CCNCC2. The van der Waals surface area contributed by atoms with Gasteiger partial charge in [0.15, 0.2) is 0 Å². The fraction of sp³-hybridized carbons (Fsp3) is 0.438. The highest BCUT2D eigenvalue weighted by Crippen LogP contribution is 2.39. The molecule has 1 spiro atoms. The molecule has 2 saturated heterocycles. The van der Waals surface area contributed by atoms with Gasteiger partial charge in [-0.25, -0.2) is 0 Å². The first-order chi connectivity index (χ1) is 9.78.